The van der Waals surface area contributed by atoms with Crippen LogP contribution in [-0.2, 0) is 0 Å². The minimum absolute atomic E-state index is 0.770. The second-order valence-corrected chi connectivity index (χ2v) is 3.93. The van der Waals surface area contributed by atoms with Gasteiger partial charge in [0.05, 0.1) is 7.11 Å². The van der Waals surface area contributed by atoms with Crippen molar-refractivity contribution >= 4 is 33.0 Å². The molecule has 0 aliphatic rings. The molecule has 0 spiro atoms. The lowest BCUT2D eigenvalue weighted by atomic mass is 10.3. The van der Waals surface area contributed by atoms with E-state index in [-0.39, 0.29) is 0 Å². The summed E-state index contributed by atoms with van der Waals surface area (Å²) in [6, 6.07) is 7.84. The molecular formula is C9H7ClOS. The van der Waals surface area contributed by atoms with Gasteiger partial charge in [-0.3, -0.25) is 0 Å². The first-order valence-electron chi connectivity index (χ1n) is 3.52. The van der Waals surface area contributed by atoms with Crippen molar-refractivity contribution in [2.24, 2.45) is 0 Å². The van der Waals surface area contributed by atoms with Gasteiger partial charge in [0.1, 0.15) is 0 Å². The van der Waals surface area contributed by atoms with Gasteiger partial charge in [0.2, 0.25) is 0 Å². The summed E-state index contributed by atoms with van der Waals surface area (Å²) in [5.74, 6) is 0. The molecule has 2 rings (SSSR count). The zero-order chi connectivity index (χ0) is 8.55. The number of hydrogen-bond acceptors (Lipinski definition) is 2. The maximum Gasteiger partial charge on any atom is 0.174 e. The first kappa shape index (κ1) is 7.90. The van der Waals surface area contributed by atoms with E-state index in [9.17, 15) is 0 Å². The summed E-state index contributed by atoms with van der Waals surface area (Å²) in [4.78, 5) is 0. The van der Waals surface area contributed by atoms with E-state index in [1.165, 1.54) is 10.1 Å². The van der Waals surface area contributed by atoms with E-state index in [4.69, 9.17) is 16.3 Å². The van der Waals surface area contributed by atoms with Gasteiger partial charge < -0.3 is 4.74 Å². The summed E-state index contributed by atoms with van der Waals surface area (Å²) >= 11 is 7.44. The molecule has 0 amide bonds. The van der Waals surface area contributed by atoms with Crippen LogP contribution in [-0.4, -0.2) is 7.11 Å². The lowest BCUT2D eigenvalue weighted by molar-refractivity contribution is 0.427. The monoisotopic (exact) mass is 198 g/mol. The highest BCUT2D eigenvalue weighted by atomic mass is 35.5. The van der Waals surface area contributed by atoms with Crippen LogP contribution in [0.15, 0.2) is 24.3 Å². The zero-order valence-corrected chi connectivity index (χ0v) is 8.08. The number of benzene rings is 1. The van der Waals surface area contributed by atoms with Crippen LogP contribution < -0.4 is 4.74 Å². The number of hydrogen-bond donors (Lipinski definition) is 0. The summed E-state index contributed by atoms with van der Waals surface area (Å²) in [7, 11) is 1.67. The lowest BCUT2D eigenvalue weighted by Gasteiger charge is -1.87. The summed E-state index contributed by atoms with van der Waals surface area (Å²) in [6.45, 7) is 0. The average molecular weight is 199 g/mol. The van der Waals surface area contributed by atoms with Gasteiger partial charge in [0.25, 0.3) is 0 Å². The summed E-state index contributed by atoms with van der Waals surface area (Å²) in [6.07, 6.45) is 0. The molecular weight excluding hydrogens is 192 g/mol. The van der Waals surface area contributed by atoms with Gasteiger partial charge in [-0.05, 0) is 23.6 Å². The van der Waals surface area contributed by atoms with Gasteiger partial charge in [-0.1, -0.05) is 29.0 Å². The summed E-state index contributed by atoms with van der Waals surface area (Å²) in [5.41, 5.74) is 0. The Morgan fingerprint density at radius 3 is 2.92 bits per heavy atom. The Labute approximate surface area is 79.5 Å². The molecule has 2 aromatic rings. The highest BCUT2D eigenvalue weighted by molar-refractivity contribution is 7.20. The number of halogens is 1. The standard InChI is InChI=1S/C9H7ClOS/c1-11-9-4-6-2-3-7(10)5-8(6)12-9/h2-5H,1H3. The SMILES string of the molecule is COc1cc2ccc(Cl)cc2s1. The van der Waals surface area contributed by atoms with Gasteiger partial charge in [-0.25, -0.2) is 0 Å². The normalized spacial score (nSPS) is 10.5. The Kier molecular flexibility index (Phi) is 1.95. The van der Waals surface area contributed by atoms with Crippen molar-refractivity contribution in [2.75, 3.05) is 7.11 Å². The molecule has 0 aliphatic carbocycles. The molecule has 0 atom stereocenters. The molecule has 0 N–H and O–H groups in total. The van der Waals surface area contributed by atoms with Crippen LogP contribution in [0.4, 0.5) is 0 Å². The first-order valence-corrected chi connectivity index (χ1v) is 4.72. The molecule has 1 aromatic carbocycles. The van der Waals surface area contributed by atoms with Gasteiger partial charge in [-0.2, -0.15) is 0 Å². The van der Waals surface area contributed by atoms with Crippen molar-refractivity contribution in [3.8, 4) is 5.06 Å². The Bertz CT molecular complexity index is 408. The second-order valence-electron chi connectivity index (χ2n) is 2.45. The third-order valence-electron chi connectivity index (χ3n) is 1.66. The number of rotatable bonds is 1. The molecule has 0 bridgehead atoms. The first-order chi connectivity index (χ1) is 5.79. The van der Waals surface area contributed by atoms with Crippen LogP contribution in [0.1, 0.15) is 0 Å². The van der Waals surface area contributed by atoms with Crippen molar-refractivity contribution < 1.29 is 4.74 Å². The summed E-state index contributed by atoms with van der Waals surface area (Å²) < 4.78 is 6.28. The molecule has 62 valence electrons. The van der Waals surface area contributed by atoms with Gasteiger partial charge in [-0.15, -0.1) is 0 Å². The highest BCUT2D eigenvalue weighted by Crippen LogP contribution is 2.32. The topological polar surface area (TPSA) is 9.23 Å². The Morgan fingerprint density at radius 2 is 2.17 bits per heavy atom. The van der Waals surface area contributed by atoms with Crippen molar-refractivity contribution in [3.05, 3.63) is 29.3 Å². The minimum Gasteiger partial charge on any atom is -0.487 e. The van der Waals surface area contributed by atoms with E-state index in [0.717, 1.165) is 10.1 Å². The van der Waals surface area contributed by atoms with Crippen LogP contribution in [0.2, 0.25) is 5.02 Å². The Morgan fingerprint density at radius 1 is 1.33 bits per heavy atom. The van der Waals surface area contributed by atoms with Crippen LogP contribution in [0.25, 0.3) is 10.1 Å². The Hall–Kier alpha value is -0.730. The fourth-order valence-corrected chi connectivity index (χ4v) is 2.23. The molecule has 3 heteroatoms. The van der Waals surface area contributed by atoms with Crippen LogP contribution in [0, 0.1) is 0 Å². The van der Waals surface area contributed by atoms with E-state index >= 15 is 0 Å². The van der Waals surface area contributed by atoms with Crippen molar-refractivity contribution in [1.29, 1.82) is 0 Å². The van der Waals surface area contributed by atoms with Crippen LogP contribution in [0.3, 0.4) is 0 Å². The van der Waals surface area contributed by atoms with Crippen molar-refractivity contribution in [1.82, 2.24) is 0 Å². The zero-order valence-electron chi connectivity index (χ0n) is 6.50. The van der Waals surface area contributed by atoms with Crippen molar-refractivity contribution in [2.45, 2.75) is 0 Å². The van der Waals surface area contributed by atoms with E-state index in [2.05, 4.69) is 0 Å². The van der Waals surface area contributed by atoms with E-state index < -0.39 is 0 Å². The third-order valence-corrected chi connectivity index (χ3v) is 2.95. The quantitative estimate of drug-likeness (QED) is 0.681. The maximum atomic E-state index is 5.84. The number of fused-ring (bicyclic) bond motifs is 1. The van der Waals surface area contributed by atoms with Gasteiger partial charge in [0, 0.05) is 9.72 Å². The molecule has 0 saturated carbocycles. The summed E-state index contributed by atoms with van der Waals surface area (Å²) in [5, 5.41) is 2.88. The molecule has 0 aliphatic heterocycles. The van der Waals surface area contributed by atoms with Gasteiger partial charge >= 0.3 is 0 Å². The molecule has 1 aromatic heterocycles. The maximum absolute atomic E-state index is 5.84. The van der Waals surface area contributed by atoms with Gasteiger partial charge in [0.15, 0.2) is 5.06 Å². The lowest BCUT2D eigenvalue weighted by Crippen LogP contribution is -1.73. The predicted octanol–water partition coefficient (Wildman–Crippen LogP) is 3.56. The van der Waals surface area contributed by atoms with Crippen molar-refractivity contribution in [3.63, 3.8) is 0 Å². The largest absolute Gasteiger partial charge is 0.487 e. The van der Waals surface area contributed by atoms with E-state index in [1.807, 2.05) is 24.3 Å². The van der Waals surface area contributed by atoms with E-state index in [1.54, 1.807) is 18.4 Å². The second kappa shape index (κ2) is 2.96. The van der Waals surface area contributed by atoms with Crippen LogP contribution >= 0.6 is 22.9 Å². The number of methoxy groups -OCH3 is 1. The minimum atomic E-state index is 0.770. The smallest absolute Gasteiger partial charge is 0.174 e. The molecule has 0 fully saturated rings. The molecule has 1 nitrogen and oxygen atoms in total. The van der Waals surface area contributed by atoms with Crippen LogP contribution in [0.5, 0.6) is 5.06 Å². The average Bonchev–Trinajstić information content (AvgIpc) is 2.46. The Balaban J connectivity index is 2.67. The van der Waals surface area contributed by atoms with E-state index in [0.29, 0.717) is 0 Å². The highest BCUT2D eigenvalue weighted by Gasteiger charge is 2.00. The molecule has 1 heterocycles. The molecule has 0 radical (unpaired) electrons. The number of thiophene rings is 1. The fourth-order valence-electron chi connectivity index (χ4n) is 1.08. The molecule has 0 unspecified atom stereocenters. The molecule has 0 saturated heterocycles. The molecule has 12 heavy (non-hydrogen) atoms. The third kappa shape index (κ3) is 1.28. The number of ether oxygens (including phenoxy) is 1. The predicted molar refractivity (Wildman–Crippen MR) is 53.4 cm³/mol. The fraction of sp³-hybridized carbons (Fsp3) is 0.111.